The van der Waals surface area contributed by atoms with E-state index >= 15 is 0 Å². The van der Waals surface area contributed by atoms with Gasteiger partial charge in [-0.2, -0.15) is 0 Å². The summed E-state index contributed by atoms with van der Waals surface area (Å²) in [5.41, 5.74) is 2.76. The smallest absolute Gasteiger partial charge is 0.314 e. The molecule has 0 aromatic heterocycles. The van der Waals surface area contributed by atoms with Crippen LogP contribution in [0.1, 0.15) is 24.0 Å². The van der Waals surface area contributed by atoms with Crippen LogP contribution in [0, 0.1) is 6.92 Å². The number of aryl methyl sites for hydroxylation is 1. The average Bonchev–Trinajstić information content (AvgIpc) is 3.19. The van der Waals surface area contributed by atoms with E-state index in [2.05, 4.69) is 41.8 Å². The minimum Gasteiger partial charge on any atom is -0.383 e. The van der Waals surface area contributed by atoms with Gasteiger partial charge < -0.3 is 15.4 Å². The zero-order chi connectivity index (χ0) is 13.7. The summed E-state index contributed by atoms with van der Waals surface area (Å²) in [7, 11) is 1.62. The van der Waals surface area contributed by atoms with Crippen molar-refractivity contribution in [1.82, 2.24) is 10.6 Å². The van der Waals surface area contributed by atoms with Gasteiger partial charge in [0.2, 0.25) is 0 Å². The molecule has 0 radical (unpaired) electrons. The van der Waals surface area contributed by atoms with Crippen molar-refractivity contribution in [2.45, 2.75) is 25.2 Å². The van der Waals surface area contributed by atoms with E-state index in [9.17, 15) is 4.79 Å². The lowest BCUT2D eigenvalue weighted by atomic mass is 9.95. The zero-order valence-corrected chi connectivity index (χ0v) is 11.7. The Morgan fingerprint density at radius 2 is 1.95 bits per heavy atom. The standard InChI is InChI=1S/C15H22N2O2/c1-12-3-5-13(6-4-12)15(7-8-15)11-17-14(18)16-9-10-19-2/h3-6H,7-11H2,1-2H3,(H2,16,17,18). The number of hydrogen-bond donors (Lipinski definition) is 2. The van der Waals surface area contributed by atoms with Crippen LogP contribution in [0.4, 0.5) is 4.79 Å². The van der Waals surface area contributed by atoms with E-state index in [-0.39, 0.29) is 11.4 Å². The molecule has 1 aromatic rings. The number of nitrogens with one attached hydrogen (secondary N) is 2. The van der Waals surface area contributed by atoms with Gasteiger partial charge in [0.15, 0.2) is 0 Å². The molecule has 0 bridgehead atoms. The van der Waals surface area contributed by atoms with Crippen molar-refractivity contribution < 1.29 is 9.53 Å². The van der Waals surface area contributed by atoms with Gasteiger partial charge in [-0.25, -0.2) is 4.79 Å². The highest BCUT2D eigenvalue weighted by Gasteiger charge is 2.44. The van der Waals surface area contributed by atoms with E-state index in [1.165, 1.54) is 11.1 Å². The first-order valence-corrected chi connectivity index (χ1v) is 6.74. The Kier molecular flexibility index (Phi) is 4.43. The fraction of sp³-hybridized carbons (Fsp3) is 0.533. The van der Waals surface area contributed by atoms with Crippen molar-refractivity contribution >= 4 is 6.03 Å². The maximum absolute atomic E-state index is 11.6. The van der Waals surface area contributed by atoms with Crippen LogP contribution < -0.4 is 10.6 Å². The van der Waals surface area contributed by atoms with E-state index in [1.54, 1.807) is 7.11 Å². The second-order valence-corrected chi connectivity index (χ2v) is 5.25. The Bertz CT molecular complexity index is 424. The van der Waals surface area contributed by atoms with E-state index < -0.39 is 0 Å². The lowest BCUT2D eigenvalue weighted by Gasteiger charge is -2.17. The Hall–Kier alpha value is -1.55. The summed E-state index contributed by atoms with van der Waals surface area (Å²) in [6.07, 6.45) is 2.29. The summed E-state index contributed by atoms with van der Waals surface area (Å²) >= 11 is 0. The molecule has 2 N–H and O–H groups in total. The van der Waals surface area contributed by atoms with Crippen LogP contribution in [-0.2, 0) is 10.2 Å². The van der Waals surface area contributed by atoms with E-state index in [4.69, 9.17) is 4.74 Å². The third-order valence-electron chi connectivity index (χ3n) is 3.70. The fourth-order valence-electron chi connectivity index (χ4n) is 2.20. The molecule has 4 nitrogen and oxygen atoms in total. The minimum absolute atomic E-state index is 0.115. The van der Waals surface area contributed by atoms with Crippen LogP contribution in [0.3, 0.4) is 0 Å². The Balaban J connectivity index is 1.82. The first kappa shape index (κ1) is 13.9. The van der Waals surface area contributed by atoms with Crippen LogP contribution >= 0.6 is 0 Å². The zero-order valence-electron chi connectivity index (χ0n) is 11.7. The molecule has 2 rings (SSSR count). The van der Waals surface area contributed by atoms with Gasteiger partial charge in [0.25, 0.3) is 0 Å². The maximum Gasteiger partial charge on any atom is 0.314 e. The summed E-state index contributed by atoms with van der Waals surface area (Å²) in [6.45, 7) is 3.87. The van der Waals surface area contributed by atoms with Crippen LogP contribution in [-0.4, -0.2) is 32.8 Å². The average molecular weight is 262 g/mol. The van der Waals surface area contributed by atoms with Crippen LogP contribution in [0.5, 0.6) is 0 Å². The van der Waals surface area contributed by atoms with E-state index in [0.29, 0.717) is 19.7 Å². The predicted octanol–water partition coefficient (Wildman–Crippen LogP) is 1.97. The number of rotatable bonds is 6. The molecule has 1 aliphatic carbocycles. The van der Waals surface area contributed by atoms with Gasteiger partial charge in [0.1, 0.15) is 0 Å². The van der Waals surface area contributed by atoms with Crippen molar-refractivity contribution in [2.75, 3.05) is 26.8 Å². The molecule has 19 heavy (non-hydrogen) atoms. The lowest BCUT2D eigenvalue weighted by Crippen LogP contribution is -2.41. The maximum atomic E-state index is 11.6. The number of benzene rings is 1. The number of amides is 2. The molecule has 0 atom stereocenters. The summed E-state index contributed by atoms with van der Waals surface area (Å²) in [6, 6.07) is 8.50. The van der Waals surface area contributed by atoms with Gasteiger partial charge in [-0.3, -0.25) is 0 Å². The highest BCUT2D eigenvalue weighted by Crippen LogP contribution is 2.47. The van der Waals surface area contributed by atoms with Gasteiger partial charge in [-0.1, -0.05) is 29.8 Å². The van der Waals surface area contributed by atoms with E-state index in [0.717, 1.165) is 12.8 Å². The molecule has 1 saturated carbocycles. The van der Waals surface area contributed by atoms with Crippen LogP contribution in [0.25, 0.3) is 0 Å². The number of ether oxygens (including phenoxy) is 1. The summed E-state index contributed by atoms with van der Waals surface area (Å²) in [4.78, 5) is 11.6. The molecule has 1 aromatic carbocycles. The molecule has 0 heterocycles. The number of carbonyl (C=O) groups excluding carboxylic acids is 1. The number of urea groups is 1. The SMILES string of the molecule is COCCNC(=O)NCC1(c2ccc(C)cc2)CC1. The normalized spacial score (nSPS) is 15.9. The highest BCUT2D eigenvalue weighted by molar-refractivity contribution is 5.74. The number of hydrogen-bond acceptors (Lipinski definition) is 2. The van der Waals surface area contributed by atoms with Crippen LogP contribution in [0.2, 0.25) is 0 Å². The van der Waals surface area contributed by atoms with Gasteiger partial charge in [-0.15, -0.1) is 0 Å². The monoisotopic (exact) mass is 262 g/mol. The third kappa shape index (κ3) is 3.70. The summed E-state index contributed by atoms with van der Waals surface area (Å²) in [5, 5.41) is 5.72. The Morgan fingerprint density at radius 3 is 2.53 bits per heavy atom. The lowest BCUT2D eigenvalue weighted by molar-refractivity contribution is 0.195. The molecule has 0 aliphatic heterocycles. The first-order chi connectivity index (χ1) is 9.16. The predicted molar refractivity (Wildman–Crippen MR) is 75.4 cm³/mol. The summed E-state index contributed by atoms with van der Waals surface area (Å²) < 4.78 is 4.89. The van der Waals surface area contributed by atoms with Gasteiger partial charge >= 0.3 is 6.03 Å². The molecular weight excluding hydrogens is 240 g/mol. The molecule has 104 valence electrons. The first-order valence-electron chi connectivity index (χ1n) is 6.74. The third-order valence-corrected chi connectivity index (χ3v) is 3.70. The Morgan fingerprint density at radius 1 is 1.26 bits per heavy atom. The molecular formula is C15H22N2O2. The number of carbonyl (C=O) groups is 1. The molecule has 1 aliphatic rings. The minimum atomic E-state index is -0.115. The summed E-state index contributed by atoms with van der Waals surface area (Å²) in [5.74, 6) is 0. The second-order valence-electron chi connectivity index (χ2n) is 5.25. The van der Waals surface area contributed by atoms with Crippen LogP contribution in [0.15, 0.2) is 24.3 Å². The molecule has 2 amide bonds. The van der Waals surface area contributed by atoms with Crippen molar-refractivity contribution in [2.24, 2.45) is 0 Å². The molecule has 4 heteroatoms. The van der Waals surface area contributed by atoms with Gasteiger partial charge in [-0.05, 0) is 25.3 Å². The molecule has 0 unspecified atom stereocenters. The van der Waals surface area contributed by atoms with Gasteiger partial charge in [0, 0.05) is 25.6 Å². The fourth-order valence-corrected chi connectivity index (χ4v) is 2.20. The van der Waals surface area contributed by atoms with E-state index in [1.807, 2.05) is 0 Å². The highest BCUT2D eigenvalue weighted by atomic mass is 16.5. The van der Waals surface area contributed by atoms with Crippen molar-refractivity contribution in [3.05, 3.63) is 35.4 Å². The molecule has 0 saturated heterocycles. The van der Waals surface area contributed by atoms with Crippen molar-refractivity contribution in [3.8, 4) is 0 Å². The topological polar surface area (TPSA) is 50.4 Å². The molecule has 0 spiro atoms. The quantitative estimate of drug-likeness (QED) is 0.770. The van der Waals surface area contributed by atoms with Crippen molar-refractivity contribution in [1.29, 1.82) is 0 Å². The number of methoxy groups -OCH3 is 1. The van der Waals surface area contributed by atoms with Gasteiger partial charge in [0.05, 0.1) is 6.61 Å². The second kappa shape index (κ2) is 6.06. The largest absolute Gasteiger partial charge is 0.383 e. The molecule has 1 fully saturated rings. The van der Waals surface area contributed by atoms with Crippen molar-refractivity contribution in [3.63, 3.8) is 0 Å². The Labute approximate surface area is 114 Å².